The summed E-state index contributed by atoms with van der Waals surface area (Å²) in [5.41, 5.74) is 1.58. The minimum atomic E-state index is -0.458. The Kier molecular flexibility index (Phi) is 3.74. The molecular weight excluding hydrogens is 345 g/mol. The molecule has 0 aromatic carbocycles. The first-order valence-corrected chi connectivity index (χ1v) is 6.91. The number of carbonyl (C=O) groups excluding carboxylic acids is 1. The van der Waals surface area contributed by atoms with E-state index in [1.165, 1.54) is 0 Å². The smallest absolute Gasteiger partial charge is 0.410 e. The van der Waals surface area contributed by atoms with Gasteiger partial charge in [-0.3, -0.25) is 0 Å². The summed E-state index contributed by atoms with van der Waals surface area (Å²) in [6.45, 7) is 6.78. The Hall–Kier alpha value is -0.920. The molecule has 2 heterocycles. The molecule has 98 valence electrons. The zero-order chi connectivity index (χ0) is 13.3. The van der Waals surface area contributed by atoms with Crippen LogP contribution in [0.2, 0.25) is 0 Å². The molecule has 0 N–H and O–H groups in total. The Balaban J connectivity index is 2.08. The molecule has 1 aromatic heterocycles. The fourth-order valence-corrected chi connectivity index (χ4v) is 2.20. The number of nitrogens with zero attached hydrogens (tertiary/aromatic N) is 3. The lowest BCUT2D eigenvalue weighted by molar-refractivity contribution is 0.0222. The van der Waals surface area contributed by atoms with Gasteiger partial charge in [-0.15, -0.1) is 0 Å². The first kappa shape index (κ1) is 13.5. The number of hydrogen-bond donors (Lipinski definition) is 0. The third kappa shape index (κ3) is 3.30. The van der Waals surface area contributed by atoms with Gasteiger partial charge in [-0.25, -0.2) is 14.8 Å². The van der Waals surface area contributed by atoms with E-state index in [4.69, 9.17) is 4.74 Å². The lowest BCUT2D eigenvalue weighted by Crippen LogP contribution is -2.40. The monoisotopic (exact) mass is 361 g/mol. The van der Waals surface area contributed by atoms with E-state index < -0.39 is 5.60 Å². The second kappa shape index (κ2) is 4.99. The Morgan fingerprint density at radius 3 is 2.89 bits per heavy atom. The fraction of sp³-hybridized carbons (Fsp3) is 0.583. The van der Waals surface area contributed by atoms with E-state index in [2.05, 4.69) is 32.6 Å². The first-order valence-electron chi connectivity index (χ1n) is 5.83. The van der Waals surface area contributed by atoms with Gasteiger partial charge in [0.25, 0.3) is 0 Å². The van der Waals surface area contributed by atoms with Gasteiger partial charge in [-0.2, -0.15) is 0 Å². The Bertz CT molecular complexity index is 471. The molecule has 2 rings (SSSR count). The average molecular weight is 361 g/mol. The van der Waals surface area contributed by atoms with Crippen molar-refractivity contribution < 1.29 is 9.53 Å². The number of rotatable bonds is 0. The summed E-state index contributed by atoms with van der Waals surface area (Å²) < 4.78 is 6.11. The van der Waals surface area contributed by atoms with Gasteiger partial charge in [0.1, 0.15) is 5.60 Å². The molecule has 0 fully saturated rings. The van der Waals surface area contributed by atoms with Crippen molar-refractivity contribution >= 4 is 28.7 Å². The molecule has 0 saturated heterocycles. The van der Waals surface area contributed by atoms with Crippen LogP contribution in [0, 0.1) is 3.83 Å². The van der Waals surface area contributed by atoms with Crippen LogP contribution in [-0.2, 0) is 17.7 Å². The highest BCUT2D eigenvalue weighted by Gasteiger charge is 2.26. The number of ether oxygens (including phenoxy) is 1. The van der Waals surface area contributed by atoms with Gasteiger partial charge >= 0.3 is 6.09 Å². The number of carbonyl (C=O) groups is 1. The molecule has 0 atom stereocenters. The van der Waals surface area contributed by atoms with E-state index in [9.17, 15) is 4.79 Å². The molecule has 0 aliphatic carbocycles. The summed E-state index contributed by atoms with van der Waals surface area (Å²) in [6, 6.07) is 0. The molecule has 5 nitrogen and oxygen atoms in total. The Morgan fingerprint density at radius 2 is 2.22 bits per heavy atom. The zero-order valence-corrected chi connectivity index (χ0v) is 12.9. The molecule has 1 aromatic rings. The molecule has 1 aliphatic rings. The van der Waals surface area contributed by atoms with Gasteiger partial charge in [-0.05, 0) is 20.8 Å². The minimum Gasteiger partial charge on any atom is -0.444 e. The van der Waals surface area contributed by atoms with Crippen LogP contribution in [-0.4, -0.2) is 33.1 Å². The lowest BCUT2D eigenvalue weighted by atomic mass is 10.1. The van der Waals surface area contributed by atoms with Crippen molar-refractivity contribution in [2.24, 2.45) is 0 Å². The molecule has 0 saturated carbocycles. The van der Waals surface area contributed by atoms with Crippen molar-refractivity contribution in [3.05, 3.63) is 21.3 Å². The second-order valence-electron chi connectivity index (χ2n) is 5.26. The van der Waals surface area contributed by atoms with Gasteiger partial charge in [0.05, 0.1) is 12.2 Å². The van der Waals surface area contributed by atoms with Crippen molar-refractivity contribution in [1.82, 2.24) is 14.9 Å². The number of hydrogen-bond acceptors (Lipinski definition) is 4. The molecule has 18 heavy (non-hydrogen) atoms. The second-order valence-corrected chi connectivity index (χ2v) is 6.23. The van der Waals surface area contributed by atoms with Crippen LogP contribution in [0.4, 0.5) is 4.79 Å². The summed E-state index contributed by atoms with van der Waals surface area (Å²) in [4.78, 5) is 22.2. The topological polar surface area (TPSA) is 55.3 Å². The fourth-order valence-electron chi connectivity index (χ4n) is 1.77. The van der Waals surface area contributed by atoms with Crippen LogP contribution in [0.25, 0.3) is 0 Å². The summed E-state index contributed by atoms with van der Waals surface area (Å²) in [7, 11) is 0. The van der Waals surface area contributed by atoms with Crippen LogP contribution in [0.1, 0.15) is 32.0 Å². The molecule has 1 amide bonds. The van der Waals surface area contributed by atoms with E-state index >= 15 is 0 Å². The maximum absolute atomic E-state index is 12.0. The lowest BCUT2D eigenvalue weighted by Gasteiger charge is -2.30. The largest absolute Gasteiger partial charge is 0.444 e. The highest BCUT2D eigenvalue weighted by Crippen LogP contribution is 2.19. The van der Waals surface area contributed by atoms with Crippen molar-refractivity contribution in [2.75, 3.05) is 6.54 Å². The molecule has 0 unspecified atom stereocenters. The van der Waals surface area contributed by atoms with E-state index in [-0.39, 0.29) is 6.09 Å². The van der Waals surface area contributed by atoms with Crippen molar-refractivity contribution in [1.29, 1.82) is 0 Å². The first-order chi connectivity index (χ1) is 8.35. The number of halogens is 1. The Labute approximate surface area is 120 Å². The van der Waals surface area contributed by atoms with E-state index in [1.807, 2.05) is 20.8 Å². The quantitative estimate of drug-likeness (QED) is 0.526. The minimum absolute atomic E-state index is 0.272. The van der Waals surface area contributed by atoms with Crippen LogP contribution >= 0.6 is 22.6 Å². The average Bonchev–Trinajstić information content (AvgIpc) is 2.26. The molecule has 0 radical (unpaired) electrons. The third-order valence-corrected chi connectivity index (χ3v) is 3.08. The predicted molar refractivity (Wildman–Crippen MR) is 75.1 cm³/mol. The van der Waals surface area contributed by atoms with Crippen molar-refractivity contribution in [2.45, 2.75) is 39.3 Å². The van der Waals surface area contributed by atoms with E-state index in [1.54, 1.807) is 11.1 Å². The van der Waals surface area contributed by atoms with Crippen molar-refractivity contribution in [3.63, 3.8) is 0 Å². The Morgan fingerprint density at radius 1 is 1.50 bits per heavy atom. The predicted octanol–water partition coefficient (Wildman–Crippen LogP) is 2.37. The van der Waals surface area contributed by atoms with Crippen LogP contribution in [0.3, 0.4) is 0 Å². The molecule has 0 spiro atoms. The summed E-state index contributed by atoms with van der Waals surface area (Å²) in [5.74, 6) is 0. The van der Waals surface area contributed by atoms with E-state index in [0.717, 1.165) is 21.5 Å². The molecule has 0 bridgehead atoms. The van der Waals surface area contributed by atoms with Crippen molar-refractivity contribution in [3.8, 4) is 0 Å². The summed E-state index contributed by atoms with van der Waals surface area (Å²) >= 11 is 2.09. The highest BCUT2D eigenvalue weighted by molar-refractivity contribution is 14.1. The van der Waals surface area contributed by atoms with Gasteiger partial charge in [0.15, 0.2) is 3.83 Å². The zero-order valence-electron chi connectivity index (χ0n) is 10.7. The number of fused-ring (bicyclic) bond motifs is 1. The maximum Gasteiger partial charge on any atom is 0.410 e. The maximum atomic E-state index is 12.0. The summed E-state index contributed by atoms with van der Waals surface area (Å²) in [5, 5.41) is 0. The molecular formula is C12H16IN3O2. The highest BCUT2D eigenvalue weighted by atomic mass is 127. The summed E-state index contributed by atoms with van der Waals surface area (Å²) in [6.07, 6.45) is 2.28. The van der Waals surface area contributed by atoms with Crippen LogP contribution < -0.4 is 0 Å². The van der Waals surface area contributed by atoms with Crippen LogP contribution in [0.15, 0.2) is 6.20 Å². The third-order valence-electron chi connectivity index (χ3n) is 2.56. The van der Waals surface area contributed by atoms with Gasteiger partial charge in [0, 0.05) is 47.3 Å². The van der Waals surface area contributed by atoms with Gasteiger partial charge < -0.3 is 9.64 Å². The van der Waals surface area contributed by atoms with Crippen LogP contribution in [0.5, 0.6) is 0 Å². The van der Waals surface area contributed by atoms with Gasteiger partial charge in [0.2, 0.25) is 0 Å². The van der Waals surface area contributed by atoms with Gasteiger partial charge in [-0.1, -0.05) is 0 Å². The standard InChI is InChI=1S/C12H16IN3O2/c1-12(2,3)18-11(17)16-5-4-9-8(7-16)6-14-10(13)15-9/h6H,4-5,7H2,1-3H3. The van der Waals surface area contributed by atoms with E-state index in [0.29, 0.717) is 13.1 Å². The molecule has 1 aliphatic heterocycles. The normalized spacial score (nSPS) is 15.2. The number of amides is 1. The number of aromatic nitrogens is 2. The SMILES string of the molecule is CC(C)(C)OC(=O)N1CCc2nc(I)ncc2C1. The molecule has 6 heteroatoms.